The maximum atomic E-state index is 8.37. The second-order valence-corrected chi connectivity index (χ2v) is 13.6. The molecule has 1 aliphatic heterocycles. The number of hydrogen-bond donors (Lipinski definition) is 0. The van der Waals surface area contributed by atoms with Gasteiger partial charge in [-0.15, -0.1) is 29.7 Å². The molecule has 0 radical (unpaired) electrons. The van der Waals surface area contributed by atoms with E-state index in [0.29, 0.717) is 28.2 Å². The van der Waals surface area contributed by atoms with Gasteiger partial charge in [-0.25, -0.2) is 4.98 Å². The molecule has 0 saturated carbocycles. The molecule has 6 heteroatoms. The molecule has 1 aliphatic rings. The molecule has 11 rings (SSSR count). The van der Waals surface area contributed by atoms with Crippen LogP contribution in [0.2, 0.25) is 0 Å². The van der Waals surface area contributed by atoms with Gasteiger partial charge in [0.1, 0.15) is 5.82 Å². The van der Waals surface area contributed by atoms with E-state index in [0.717, 1.165) is 60.9 Å². The number of pyridine rings is 1. The third-order valence-electron chi connectivity index (χ3n) is 10.4. The van der Waals surface area contributed by atoms with Gasteiger partial charge in [-0.2, -0.15) is 18.2 Å². The van der Waals surface area contributed by atoms with Crippen molar-refractivity contribution in [2.45, 2.75) is 13.7 Å². The van der Waals surface area contributed by atoms with Crippen LogP contribution in [0.5, 0.6) is 11.5 Å². The second-order valence-electron chi connectivity index (χ2n) is 13.6. The smallest absolute Gasteiger partial charge is 0.268 e. The number of rotatable bonds is 4. The van der Waals surface area contributed by atoms with Crippen molar-refractivity contribution in [1.29, 1.82) is 0 Å². The van der Waals surface area contributed by atoms with Gasteiger partial charge in [-0.3, -0.25) is 4.57 Å². The molecule has 0 atom stereocenters. The number of imidazole rings is 1. The van der Waals surface area contributed by atoms with Crippen molar-refractivity contribution in [2.24, 2.45) is 0 Å². The molecule has 0 aliphatic carbocycles. The number of fused-ring (bicyclic) bond motifs is 10. The maximum absolute atomic E-state index is 8.37. The van der Waals surface area contributed by atoms with Crippen molar-refractivity contribution in [1.82, 2.24) is 14.1 Å². The minimum atomic E-state index is -2.66. The molecule has 56 heavy (non-hydrogen) atoms. The number of aromatic nitrogens is 4. The first-order chi connectivity index (χ1) is 29.5. The van der Waals surface area contributed by atoms with Crippen molar-refractivity contribution < 1.29 is 38.6 Å². The van der Waals surface area contributed by atoms with Gasteiger partial charge < -0.3 is 13.9 Å². The molecule has 0 N–H and O–H groups in total. The quantitative estimate of drug-likeness (QED) is 0.130. The van der Waals surface area contributed by atoms with E-state index in [1.165, 1.54) is 12.3 Å². The summed E-state index contributed by atoms with van der Waals surface area (Å²) >= 11 is 0. The minimum absolute atomic E-state index is 0. The number of benzene rings is 7. The van der Waals surface area contributed by atoms with Crippen molar-refractivity contribution >= 4 is 32.8 Å². The van der Waals surface area contributed by atoms with Crippen LogP contribution >= 0.6 is 0 Å². The van der Waals surface area contributed by atoms with E-state index in [4.69, 9.17) is 13.0 Å². The summed E-state index contributed by atoms with van der Waals surface area (Å²) in [4.78, 5) is 4.48. The minimum Gasteiger partial charge on any atom is -0.510 e. The van der Waals surface area contributed by atoms with Crippen LogP contribution in [0.3, 0.4) is 0 Å². The second kappa shape index (κ2) is 13.3. The molecule has 7 aromatic carbocycles. The third-order valence-corrected chi connectivity index (χ3v) is 10.4. The molecule has 0 bridgehead atoms. The Balaban J connectivity index is 0.00000458. The fraction of sp³-hybridized carbons (Fsp3) is 0.0400. The Morgan fingerprint density at radius 2 is 1.27 bits per heavy atom. The Hall–Kier alpha value is -6.55. The predicted molar refractivity (Wildman–Crippen MR) is 219 cm³/mol. The zero-order valence-corrected chi connectivity index (χ0v) is 31.8. The summed E-state index contributed by atoms with van der Waals surface area (Å²) in [6.07, 6.45) is 4.91. The molecular formula is C50H32N4OPt-2. The average Bonchev–Trinajstić information content (AvgIpc) is 3.82. The number of ether oxygens (including phenoxy) is 1. The van der Waals surface area contributed by atoms with Crippen molar-refractivity contribution in [3.05, 3.63) is 187 Å². The van der Waals surface area contributed by atoms with E-state index < -0.39 is 13.7 Å². The van der Waals surface area contributed by atoms with E-state index in [1.807, 2.05) is 59.2 Å². The predicted octanol–water partition coefficient (Wildman–Crippen LogP) is 11.5. The molecule has 0 fully saturated rings. The normalized spacial score (nSPS) is 13.6. The van der Waals surface area contributed by atoms with Crippen LogP contribution in [0.1, 0.15) is 19.4 Å². The maximum Gasteiger partial charge on any atom is 0.268 e. The Labute approximate surface area is 347 Å². The van der Waals surface area contributed by atoms with E-state index >= 15 is 0 Å². The fourth-order valence-corrected chi connectivity index (χ4v) is 8.06. The van der Waals surface area contributed by atoms with Gasteiger partial charge in [0.05, 0.1) is 16.7 Å². The first kappa shape index (κ1) is 27.9. The van der Waals surface area contributed by atoms with Crippen molar-refractivity contribution in [2.75, 3.05) is 0 Å². The number of nitrogens with zero attached hydrogens (tertiary/aromatic N) is 4. The molecule has 3 aromatic heterocycles. The molecule has 0 spiro atoms. The Morgan fingerprint density at radius 3 is 2.07 bits per heavy atom. The molecular weight excluding hydrogens is 868 g/mol. The fourth-order valence-electron chi connectivity index (χ4n) is 8.06. The zero-order valence-electron chi connectivity index (χ0n) is 35.5. The Morgan fingerprint density at radius 1 is 0.607 bits per heavy atom. The van der Waals surface area contributed by atoms with Crippen LogP contribution in [0, 0.1) is 32.2 Å². The molecule has 0 amide bonds. The molecule has 270 valence electrons. The summed E-state index contributed by atoms with van der Waals surface area (Å²) in [6.45, 7) is -5.19. The summed E-state index contributed by atoms with van der Waals surface area (Å²) in [6, 6.07) is 56.9. The molecule has 10 aromatic rings. The molecule has 0 unspecified atom stereocenters. The van der Waals surface area contributed by atoms with Gasteiger partial charge in [0.15, 0.2) is 0 Å². The van der Waals surface area contributed by atoms with Gasteiger partial charge in [0, 0.05) is 52.5 Å². The van der Waals surface area contributed by atoms with E-state index in [2.05, 4.69) is 119 Å². The number of hydrogen-bond acceptors (Lipinski definition) is 2. The summed E-state index contributed by atoms with van der Waals surface area (Å²) in [5.74, 6) is 0.888. The van der Waals surface area contributed by atoms with Crippen LogP contribution in [-0.2, 0) is 21.1 Å². The van der Waals surface area contributed by atoms with Gasteiger partial charge >= 0.3 is 0 Å². The number of aryl methyl sites for hydroxylation is 2. The summed E-state index contributed by atoms with van der Waals surface area (Å²) in [5, 5.41) is 1.65. The van der Waals surface area contributed by atoms with Crippen LogP contribution in [0.15, 0.2) is 158 Å². The van der Waals surface area contributed by atoms with Crippen LogP contribution in [0.4, 0.5) is 0 Å². The SMILES string of the molecule is [2H]C([2H])([2H])c1cnc(-n2c3[c-]c(Oc4[c-]c(-n5[c-][n+]6c7c(cccc75)-c5ccccc5-c5ccccc5-c5ccccc5-6)ccc4)ccc3c3ccccc32)c(C([2H])([2H])[2H])c1.[Pt]. The van der Waals surface area contributed by atoms with Crippen LogP contribution in [-0.4, -0.2) is 14.1 Å². The topological polar surface area (TPSA) is 35.9 Å². The summed E-state index contributed by atoms with van der Waals surface area (Å²) < 4.78 is 61.3. The van der Waals surface area contributed by atoms with E-state index in [1.54, 1.807) is 4.57 Å². The van der Waals surface area contributed by atoms with E-state index in [9.17, 15) is 0 Å². The zero-order chi connectivity index (χ0) is 41.6. The number of para-hydroxylation sites is 3. The van der Waals surface area contributed by atoms with Gasteiger partial charge in [0.2, 0.25) is 0 Å². The summed E-state index contributed by atoms with van der Waals surface area (Å²) in [5.41, 5.74) is 11.2. The van der Waals surface area contributed by atoms with E-state index in [-0.39, 0.29) is 38.0 Å². The summed E-state index contributed by atoms with van der Waals surface area (Å²) in [7, 11) is 0. The van der Waals surface area contributed by atoms with Crippen LogP contribution in [0.25, 0.3) is 83.4 Å². The van der Waals surface area contributed by atoms with Crippen molar-refractivity contribution in [3.8, 4) is 62.1 Å². The molecule has 5 nitrogen and oxygen atoms in total. The largest absolute Gasteiger partial charge is 0.510 e. The first-order valence-electron chi connectivity index (χ1n) is 21.0. The van der Waals surface area contributed by atoms with Gasteiger partial charge in [0.25, 0.3) is 6.33 Å². The molecule has 0 saturated heterocycles. The molecule has 4 heterocycles. The van der Waals surface area contributed by atoms with Gasteiger partial charge in [-0.05, 0) is 81.4 Å². The Kier molecular flexibility index (Phi) is 6.65. The third kappa shape index (κ3) is 5.26. The average molecular weight is 906 g/mol. The standard InChI is InChI=1S/C50H32N4O.Pt/c1-32-27-33(2)50(51-30-32)54-46-23-10-8-20-42(46)43-26-25-36(29-48(43)54)55-35-14-11-13-34(28-35)52-31-53-45-22-9-7-19-41(45)39-17-5-3-15-37(39)38-16-4-6-18-40(38)44-21-12-24-47(52)49(44)53;/h3-27,30H,1-2H3;/q-2;/i1D3,2D3;. The monoisotopic (exact) mass is 905 g/mol. The van der Waals surface area contributed by atoms with Gasteiger partial charge in [-0.1, -0.05) is 115 Å². The van der Waals surface area contributed by atoms with Crippen molar-refractivity contribution in [3.63, 3.8) is 0 Å². The Bertz CT molecular complexity index is 3400. The van der Waals surface area contributed by atoms with Crippen LogP contribution < -0.4 is 9.30 Å². The first-order valence-corrected chi connectivity index (χ1v) is 18.0.